The molecule has 2 aromatic rings. The molecule has 2 rings (SSSR count). The van der Waals surface area contributed by atoms with E-state index in [1.165, 1.54) is 0 Å². The molecule has 1 heterocycles. The Labute approximate surface area is 117 Å². The zero-order valence-corrected chi connectivity index (χ0v) is 11.5. The normalized spacial score (nSPS) is 10.3. The molecule has 1 aromatic heterocycles. The monoisotopic (exact) mass is 271 g/mol. The number of carbonyl (C=O) groups excluding carboxylic acids is 1. The van der Waals surface area contributed by atoms with Crippen molar-refractivity contribution in [2.24, 2.45) is 11.5 Å². The van der Waals surface area contributed by atoms with Gasteiger partial charge in [0, 0.05) is 18.3 Å². The van der Waals surface area contributed by atoms with Crippen LogP contribution in [0.2, 0.25) is 0 Å². The fraction of sp³-hybridized carbons (Fsp3) is 0.200. The first-order chi connectivity index (χ1) is 9.51. The molecule has 0 unspecified atom stereocenters. The van der Waals surface area contributed by atoms with Crippen LogP contribution in [0.25, 0.3) is 0 Å². The Kier molecular flexibility index (Phi) is 4.00. The Morgan fingerprint density at radius 1 is 1.25 bits per heavy atom. The molecule has 0 atom stereocenters. The number of carbonyl (C=O) groups is 1. The summed E-state index contributed by atoms with van der Waals surface area (Å²) in [6.07, 6.45) is 0. The molecule has 1 amide bonds. The minimum absolute atomic E-state index is 0.304. The summed E-state index contributed by atoms with van der Waals surface area (Å²) in [5.41, 5.74) is 13.6. The number of benzene rings is 1. The highest BCUT2D eigenvalue weighted by Crippen LogP contribution is 2.27. The first kappa shape index (κ1) is 14.0. The van der Waals surface area contributed by atoms with Gasteiger partial charge in [-0.3, -0.25) is 9.78 Å². The molecule has 5 nitrogen and oxygen atoms in total. The third-order valence-corrected chi connectivity index (χ3v) is 2.93. The second-order valence-electron chi connectivity index (χ2n) is 4.54. The van der Waals surface area contributed by atoms with Crippen LogP contribution in [0.5, 0.6) is 11.5 Å². The van der Waals surface area contributed by atoms with Gasteiger partial charge in [0.05, 0.1) is 5.69 Å². The third-order valence-electron chi connectivity index (χ3n) is 2.93. The van der Waals surface area contributed by atoms with Crippen LogP contribution < -0.4 is 16.2 Å². The van der Waals surface area contributed by atoms with Gasteiger partial charge in [-0.15, -0.1) is 0 Å². The van der Waals surface area contributed by atoms with Crippen molar-refractivity contribution in [3.8, 4) is 11.5 Å². The van der Waals surface area contributed by atoms with Gasteiger partial charge in [0.15, 0.2) is 0 Å². The zero-order chi connectivity index (χ0) is 14.7. The maximum absolute atomic E-state index is 11.5. The Morgan fingerprint density at radius 3 is 2.45 bits per heavy atom. The van der Waals surface area contributed by atoms with Crippen LogP contribution in [0, 0.1) is 13.8 Å². The van der Waals surface area contributed by atoms with Crippen LogP contribution in [-0.4, -0.2) is 10.9 Å². The van der Waals surface area contributed by atoms with Crippen molar-refractivity contribution in [1.82, 2.24) is 4.98 Å². The molecule has 1 aromatic carbocycles. The summed E-state index contributed by atoms with van der Waals surface area (Å²) in [6.45, 7) is 4.04. The van der Waals surface area contributed by atoms with Crippen molar-refractivity contribution < 1.29 is 9.53 Å². The lowest BCUT2D eigenvalue weighted by atomic mass is 10.1. The smallest absolute Gasteiger partial charge is 0.254 e. The van der Waals surface area contributed by atoms with E-state index in [9.17, 15) is 4.79 Å². The van der Waals surface area contributed by atoms with Gasteiger partial charge in [0.25, 0.3) is 5.91 Å². The van der Waals surface area contributed by atoms with E-state index >= 15 is 0 Å². The van der Waals surface area contributed by atoms with Crippen LogP contribution in [-0.2, 0) is 6.54 Å². The van der Waals surface area contributed by atoms with Gasteiger partial charge in [0.1, 0.15) is 17.1 Å². The second kappa shape index (κ2) is 5.71. The molecule has 0 fully saturated rings. The lowest BCUT2D eigenvalue weighted by Crippen LogP contribution is -2.15. The molecule has 0 aliphatic heterocycles. The molecule has 20 heavy (non-hydrogen) atoms. The van der Waals surface area contributed by atoms with E-state index in [1.54, 1.807) is 25.1 Å². The summed E-state index contributed by atoms with van der Waals surface area (Å²) in [6, 6.07) is 9.06. The SMILES string of the molecule is Cc1cc(Oc2ccc(CN)cc2)c(C(N)=O)c(C)n1. The largest absolute Gasteiger partial charge is 0.456 e. The zero-order valence-electron chi connectivity index (χ0n) is 11.5. The van der Waals surface area contributed by atoms with Crippen molar-refractivity contribution in [2.75, 3.05) is 0 Å². The average Bonchev–Trinajstić information content (AvgIpc) is 2.38. The van der Waals surface area contributed by atoms with E-state index in [2.05, 4.69) is 4.98 Å². The highest BCUT2D eigenvalue weighted by Gasteiger charge is 2.15. The first-order valence-electron chi connectivity index (χ1n) is 6.26. The summed E-state index contributed by atoms with van der Waals surface area (Å²) < 4.78 is 5.75. The van der Waals surface area contributed by atoms with Crippen LogP contribution in [0.3, 0.4) is 0 Å². The lowest BCUT2D eigenvalue weighted by molar-refractivity contribution is 0.0997. The van der Waals surface area contributed by atoms with Crippen molar-refractivity contribution >= 4 is 5.91 Å². The summed E-state index contributed by atoms with van der Waals surface area (Å²) in [5, 5.41) is 0. The molecule has 0 bridgehead atoms. The number of amides is 1. The van der Waals surface area contributed by atoms with Crippen LogP contribution >= 0.6 is 0 Å². The summed E-state index contributed by atoms with van der Waals surface area (Å²) in [5.74, 6) is 0.487. The van der Waals surface area contributed by atoms with Crippen molar-refractivity contribution in [3.63, 3.8) is 0 Å². The van der Waals surface area contributed by atoms with Crippen molar-refractivity contribution in [3.05, 3.63) is 52.8 Å². The molecule has 0 saturated carbocycles. The minimum Gasteiger partial charge on any atom is -0.456 e. The highest BCUT2D eigenvalue weighted by molar-refractivity contribution is 5.96. The van der Waals surface area contributed by atoms with Gasteiger partial charge in [-0.1, -0.05) is 12.1 Å². The number of primary amides is 1. The van der Waals surface area contributed by atoms with E-state index in [-0.39, 0.29) is 0 Å². The van der Waals surface area contributed by atoms with Crippen molar-refractivity contribution in [1.29, 1.82) is 0 Å². The number of nitrogens with two attached hydrogens (primary N) is 2. The quantitative estimate of drug-likeness (QED) is 0.890. The molecular weight excluding hydrogens is 254 g/mol. The average molecular weight is 271 g/mol. The van der Waals surface area contributed by atoms with Gasteiger partial charge in [-0.05, 0) is 31.5 Å². The Morgan fingerprint density at radius 2 is 1.90 bits per heavy atom. The Hall–Kier alpha value is -2.40. The number of pyridine rings is 1. The van der Waals surface area contributed by atoms with E-state index in [0.29, 0.717) is 29.3 Å². The minimum atomic E-state index is -0.552. The number of ether oxygens (including phenoxy) is 1. The number of rotatable bonds is 4. The highest BCUT2D eigenvalue weighted by atomic mass is 16.5. The number of aryl methyl sites for hydroxylation is 2. The number of hydrogen-bond acceptors (Lipinski definition) is 4. The van der Waals surface area contributed by atoms with E-state index in [4.69, 9.17) is 16.2 Å². The molecule has 0 radical (unpaired) electrons. The molecular formula is C15H17N3O2. The van der Waals surface area contributed by atoms with Crippen LogP contribution in [0.4, 0.5) is 0 Å². The predicted octanol–water partition coefficient (Wildman–Crippen LogP) is 2.05. The van der Waals surface area contributed by atoms with E-state index in [1.807, 2.05) is 19.1 Å². The van der Waals surface area contributed by atoms with E-state index in [0.717, 1.165) is 11.3 Å². The molecule has 4 N–H and O–H groups in total. The molecule has 0 saturated heterocycles. The van der Waals surface area contributed by atoms with Gasteiger partial charge >= 0.3 is 0 Å². The van der Waals surface area contributed by atoms with E-state index < -0.39 is 5.91 Å². The number of hydrogen-bond donors (Lipinski definition) is 2. The Balaban J connectivity index is 2.39. The predicted molar refractivity (Wildman–Crippen MR) is 76.6 cm³/mol. The van der Waals surface area contributed by atoms with Gasteiger partial charge in [0.2, 0.25) is 0 Å². The van der Waals surface area contributed by atoms with Gasteiger partial charge < -0.3 is 16.2 Å². The van der Waals surface area contributed by atoms with Crippen molar-refractivity contribution in [2.45, 2.75) is 20.4 Å². The maximum atomic E-state index is 11.5. The topological polar surface area (TPSA) is 91.2 Å². The van der Waals surface area contributed by atoms with Crippen LogP contribution in [0.15, 0.2) is 30.3 Å². The maximum Gasteiger partial charge on any atom is 0.254 e. The summed E-state index contributed by atoms with van der Waals surface area (Å²) in [7, 11) is 0. The standard InChI is InChI=1S/C15H17N3O2/c1-9-7-13(14(15(17)19)10(2)18-9)20-12-5-3-11(8-16)4-6-12/h3-7H,8,16H2,1-2H3,(H2,17,19). The fourth-order valence-electron chi connectivity index (χ4n) is 1.99. The molecule has 0 spiro atoms. The summed E-state index contributed by atoms with van der Waals surface area (Å²) >= 11 is 0. The molecule has 5 heteroatoms. The van der Waals surface area contributed by atoms with Gasteiger partial charge in [-0.2, -0.15) is 0 Å². The third kappa shape index (κ3) is 2.95. The second-order valence-corrected chi connectivity index (χ2v) is 4.54. The fourth-order valence-corrected chi connectivity index (χ4v) is 1.99. The lowest BCUT2D eigenvalue weighted by Gasteiger charge is -2.12. The first-order valence-corrected chi connectivity index (χ1v) is 6.26. The van der Waals surface area contributed by atoms with Crippen LogP contribution in [0.1, 0.15) is 27.3 Å². The number of aromatic nitrogens is 1. The number of nitrogens with zero attached hydrogens (tertiary/aromatic N) is 1. The summed E-state index contributed by atoms with van der Waals surface area (Å²) in [4.78, 5) is 15.8. The molecule has 0 aliphatic carbocycles. The molecule has 104 valence electrons. The Bertz CT molecular complexity index is 636. The molecule has 0 aliphatic rings. The van der Waals surface area contributed by atoms with Gasteiger partial charge in [-0.25, -0.2) is 0 Å².